The van der Waals surface area contributed by atoms with Gasteiger partial charge in [-0.25, -0.2) is 0 Å². The lowest BCUT2D eigenvalue weighted by molar-refractivity contribution is 0.280. The highest BCUT2D eigenvalue weighted by Gasteiger charge is 2.25. The Hall–Kier alpha value is -1.85. The second kappa shape index (κ2) is 11.1. The minimum absolute atomic E-state index is 0.308. The maximum absolute atomic E-state index is 8.98. The van der Waals surface area contributed by atoms with Crippen LogP contribution in [0.15, 0.2) is 48.5 Å². The van der Waals surface area contributed by atoms with Crippen molar-refractivity contribution in [2.45, 2.75) is 88.8 Å². The number of hydrogen-bond acceptors (Lipinski definition) is 1. The third-order valence-corrected chi connectivity index (χ3v) is 11.9. The molecule has 0 unspecified atom stereocenters. The van der Waals surface area contributed by atoms with Gasteiger partial charge >= 0.3 is 0 Å². The van der Waals surface area contributed by atoms with E-state index >= 15 is 0 Å². The van der Waals surface area contributed by atoms with Gasteiger partial charge in [0.05, 0.1) is 11.6 Å². The molecule has 2 fully saturated rings. The largest absolute Gasteiger partial charge is 0.192 e. The molecule has 2 heteroatoms. The second-order valence-corrected chi connectivity index (χ2v) is 13.7. The van der Waals surface area contributed by atoms with Crippen LogP contribution in [0.5, 0.6) is 0 Å². The molecule has 0 amide bonds. The quantitative estimate of drug-likeness (QED) is 0.406. The predicted octanol–water partition coefficient (Wildman–Crippen LogP) is 8.33. The second-order valence-electron chi connectivity index (χ2n) is 10.3. The molecule has 164 valence electrons. The van der Waals surface area contributed by atoms with Crippen LogP contribution in [0.2, 0.25) is 18.1 Å². The van der Waals surface area contributed by atoms with Crippen LogP contribution >= 0.6 is 0 Å². The van der Waals surface area contributed by atoms with Crippen LogP contribution in [0.4, 0.5) is 0 Å². The lowest BCUT2D eigenvalue weighted by atomic mass is 9.76. The van der Waals surface area contributed by atoms with Gasteiger partial charge in [0.25, 0.3) is 0 Å². The number of benzene rings is 2. The van der Waals surface area contributed by atoms with Crippen LogP contribution < -0.4 is 0 Å². The van der Waals surface area contributed by atoms with E-state index < -0.39 is 0 Å². The maximum Gasteiger partial charge on any atom is 0.0991 e. The minimum atomic E-state index is -0.308. The number of hydrogen-bond donors (Lipinski definition) is 0. The van der Waals surface area contributed by atoms with Crippen LogP contribution in [0.3, 0.4) is 0 Å². The highest BCUT2D eigenvalue weighted by atomic mass is 28.3. The lowest BCUT2D eigenvalue weighted by Gasteiger charge is -2.32. The fourth-order valence-corrected chi connectivity index (χ4v) is 9.73. The van der Waals surface area contributed by atoms with Gasteiger partial charge < -0.3 is 0 Å². The molecule has 0 N–H and O–H groups in total. The highest BCUT2D eigenvalue weighted by Crippen LogP contribution is 2.40. The van der Waals surface area contributed by atoms with Crippen LogP contribution in [0, 0.1) is 23.2 Å². The summed E-state index contributed by atoms with van der Waals surface area (Å²) < 4.78 is 0. The van der Waals surface area contributed by atoms with Gasteiger partial charge in [-0.2, -0.15) is 5.26 Å². The molecular formula is C29H39NSi. The summed E-state index contributed by atoms with van der Waals surface area (Å²) in [5, 5.41) is 8.98. The summed E-state index contributed by atoms with van der Waals surface area (Å²) in [6.07, 6.45) is 13.2. The van der Waals surface area contributed by atoms with Crippen LogP contribution in [0.25, 0.3) is 11.1 Å². The number of rotatable bonds is 7. The zero-order chi connectivity index (χ0) is 21.5. The molecule has 0 aromatic heterocycles. The predicted molar refractivity (Wildman–Crippen MR) is 135 cm³/mol. The molecular weight excluding hydrogens is 390 g/mol. The molecule has 0 bridgehead atoms. The van der Waals surface area contributed by atoms with E-state index in [1.807, 2.05) is 12.1 Å². The van der Waals surface area contributed by atoms with Crippen LogP contribution in [0.1, 0.15) is 81.8 Å². The molecule has 2 aromatic carbocycles. The lowest BCUT2D eigenvalue weighted by Crippen LogP contribution is -2.22. The van der Waals surface area contributed by atoms with Crippen molar-refractivity contribution >= 4 is 8.80 Å². The standard InChI is InChI=1S/C29H39NSi/c1-2-19-31-20-17-24(18-21-31)4-3-23-5-9-26(10-6-23)28-13-15-29(16-14-28)27-11-7-25(22-30)8-12-27/h7-8,11-16,23-24,26,31H,2-6,9-10,17-21H2,1H3. The maximum atomic E-state index is 8.98. The van der Waals surface area contributed by atoms with Gasteiger partial charge in [0.1, 0.15) is 0 Å². The molecule has 2 aliphatic rings. The number of nitriles is 1. The smallest absolute Gasteiger partial charge is 0.0991 e. The van der Waals surface area contributed by atoms with Gasteiger partial charge in [-0.3, -0.25) is 0 Å². The van der Waals surface area contributed by atoms with Crippen LogP contribution in [-0.2, 0) is 0 Å². The topological polar surface area (TPSA) is 23.8 Å². The van der Waals surface area contributed by atoms with E-state index in [9.17, 15) is 0 Å². The van der Waals surface area contributed by atoms with Gasteiger partial charge in [0, 0.05) is 8.80 Å². The third kappa shape index (κ3) is 6.10. The van der Waals surface area contributed by atoms with E-state index in [2.05, 4.69) is 49.4 Å². The van der Waals surface area contributed by atoms with E-state index in [0.29, 0.717) is 0 Å². The summed E-state index contributed by atoms with van der Waals surface area (Å²) >= 11 is 0. The average Bonchev–Trinajstić information content (AvgIpc) is 2.84. The Labute approximate surface area is 191 Å². The van der Waals surface area contributed by atoms with E-state index in [0.717, 1.165) is 23.3 Å². The Kier molecular flexibility index (Phi) is 8.03. The molecule has 1 aliphatic carbocycles. The first kappa shape index (κ1) is 22.3. The third-order valence-electron chi connectivity index (χ3n) is 8.22. The van der Waals surface area contributed by atoms with Gasteiger partial charge in [-0.15, -0.1) is 0 Å². The minimum Gasteiger partial charge on any atom is -0.192 e. The molecule has 1 heterocycles. The van der Waals surface area contributed by atoms with Gasteiger partial charge in [-0.05, 0) is 72.3 Å². The molecule has 4 rings (SSSR count). The van der Waals surface area contributed by atoms with Gasteiger partial charge in [-0.1, -0.05) is 93.6 Å². The van der Waals surface area contributed by atoms with E-state index in [1.165, 1.54) is 61.6 Å². The first-order valence-corrected chi connectivity index (χ1v) is 15.3. The van der Waals surface area contributed by atoms with Gasteiger partial charge in [0.2, 0.25) is 0 Å². The first-order valence-electron chi connectivity index (χ1n) is 12.9. The van der Waals surface area contributed by atoms with Crippen molar-refractivity contribution in [3.8, 4) is 17.2 Å². The number of nitrogens with zero attached hydrogens (tertiary/aromatic N) is 1. The molecule has 0 spiro atoms. The highest BCUT2D eigenvalue weighted by molar-refractivity contribution is 6.58. The fraction of sp³-hybridized carbons (Fsp3) is 0.552. The Balaban J connectivity index is 1.21. The summed E-state index contributed by atoms with van der Waals surface area (Å²) in [5.41, 5.74) is 4.69. The SMILES string of the molecule is CCC[SiH]1CCC(CCC2CCC(c3ccc(-c4ccc(C#N)cc4)cc3)CC2)CC1. The Morgan fingerprint density at radius 3 is 1.87 bits per heavy atom. The fourth-order valence-electron chi connectivity index (χ4n) is 6.16. The molecule has 0 atom stereocenters. The van der Waals surface area contributed by atoms with Gasteiger partial charge in [0.15, 0.2) is 0 Å². The van der Waals surface area contributed by atoms with Crippen molar-refractivity contribution in [2.24, 2.45) is 11.8 Å². The molecule has 1 saturated heterocycles. The average molecular weight is 430 g/mol. The molecule has 31 heavy (non-hydrogen) atoms. The van der Waals surface area contributed by atoms with Crippen molar-refractivity contribution in [3.05, 3.63) is 59.7 Å². The van der Waals surface area contributed by atoms with Crippen molar-refractivity contribution in [1.82, 2.24) is 0 Å². The van der Waals surface area contributed by atoms with E-state index in [4.69, 9.17) is 5.26 Å². The van der Waals surface area contributed by atoms with E-state index in [1.54, 1.807) is 31.0 Å². The summed E-state index contributed by atoms with van der Waals surface area (Å²) in [6, 6.07) is 24.2. The normalized spacial score (nSPS) is 26.3. The Morgan fingerprint density at radius 2 is 1.32 bits per heavy atom. The summed E-state index contributed by atoms with van der Waals surface area (Å²) in [4.78, 5) is 0. The van der Waals surface area contributed by atoms with Crippen molar-refractivity contribution < 1.29 is 0 Å². The Bertz CT molecular complexity index is 832. The summed E-state index contributed by atoms with van der Waals surface area (Å²) in [5.74, 6) is 2.80. The Morgan fingerprint density at radius 1 is 0.774 bits per heavy atom. The zero-order valence-electron chi connectivity index (χ0n) is 19.4. The van der Waals surface area contributed by atoms with E-state index in [-0.39, 0.29) is 8.80 Å². The van der Waals surface area contributed by atoms with Crippen LogP contribution in [-0.4, -0.2) is 8.80 Å². The first-order chi connectivity index (χ1) is 15.2. The molecule has 1 saturated carbocycles. The molecule has 1 nitrogen and oxygen atoms in total. The summed E-state index contributed by atoms with van der Waals surface area (Å²) in [7, 11) is -0.308. The zero-order valence-corrected chi connectivity index (χ0v) is 20.5. The van der Waals surface area contributed by atoms with Crippen molar-refractivity contribution in [3.63, 3.8) is 0 Å². The molecule has 2 aromatic rings. The van der Waals surface area contributed by atoms with Crippen molar-refractivity contribution in [1.29, 1.82) is 5.26 Å². The summed E-state index contributed by atoms with van der Waals surface area (Å²) in [6.45, 7) is 2.37. The van der Waals surface area contributed by atoms with Crippen molar-refractivity contribution in [2.75, 3.05) is 0 Å². The monoisotopic (exact) mass is 429 g/mol. The molecule has 1 aliphatic heterocycles. The molecule has 0 radical (unpaired) electrons.